The molecule has 25 heavy (non-hydrogen) atoms. The smallest absolute Gasteiger partial charge is 0.319 e. The Hall–Kier alpha value is -2.60. The quantitative estimate of drug-likeness (QED) is 0.696. The molecule has 2 aromatic carbocycles. The Balaban J connectivity index is 1.74. The molecule has 0 aromatic heterocycles. The normalized spacial score (nSPS) is 10.0. The maximum Gasteiger partial charge on any atom is 0.319 e. The molecule has 6 nitrogen and oxygen atoms in total. The van der Waals surface area contributed by atoms with Crippen molar-refractivity contribution in [3.05, 3.63) is 47.5 Å². The van der Waals surface area contributed by atoms with E-state index < -0.39 is 0 Å². The molecule has 0 aliphatic heterocycles. The summed E-state index contributed by atoms with van der Waals surface area (Å²) in [5.41, 5.74) is 0.500. The van der Waals surface area contributed by atoms with Gasteiger partial charge in [0.05, 0.1) is 25.9 Å². The molecule has 0 saturated heterocycles. The molecular weight excluding hydrogens is 344 g/mol. The minimum atomic E-state index is -0.365. The number of amides is 2. The van der Waals surface area contributed by atoms with Crippen LogP contribution in [0.1, 0.15) is 6.92 Å². The predicted molar refractivity (Wildman–Crippen MR) is 98.1 cm³/mol. The number of methoxy groups -OCH3 is 1. The van der Waals surface area contributed by atoms with Crippen molar-refractivity contribution in [2.45, 2.75) is 6.92 Å². The fourth-order valence-corrected chi connectivity index (χ4v) is 2.25. The summed E-state index contributed by atoms with van der Waals surface area (Å²) < 4.78 is 16.1. The summed E-state index contributed by atoms with van der Waals surface area (Å²) >= 11 is 5.93. The molecule has 0 bridgehead atoms. The van der Waals surface area contributed by atoms with Crippen LogP contribution in [0.5, 0.6) is 17.2 Å². The Labute approximate surface area is 152 Å². The zero-order chi connectivity index (χ0) is 18.1. The van der Waals surface area contributed by atoms with Gasteiger partial charge in [-0.25, -0.2) is 4.79 Å². The maximum absolute atomic E-state index is 11.9. The third-order valence-electron chi connectivity index (χ3n) is 3.20. The van der Waals surface area contributed by atoms with E-state index in [9.17, 15) is 4.79 Å². The highest BCUT2D eigenvalue weighted by Gasteiger charge is 2.07. The van der Waals surface area contributed by atoms with E-state index in [1.54, 1.807) is 18.2 Å². The van der Waals surface area contributed by atoms with E-state index in [1.165, 1.54) is 7.11 Å². The average molecular weight is 365 g/mol. The highest BCUT2D eigenvalue weighted by atomic mass is 35.5. The summed E-state index contributed by atoms with van der Waals surface area (Å²) in [6.07, 6.45) is 0. The van der Waals surface area contributed by atoms with Crippen LogP contribution < -0.4 is 24.8 Å². The molecule has 0 aliphatic rings. The maximum atomic E-state index is 11.9. The summed E-state index contributed by atoms with van der Waals surface area (Å²) in [5, 5.41) is 5.91. The molecule has 0 saturated carbocycles. The van der Waals surface area contributed by atoms with Crippen molar-refractivity contribution >= 4 is 23.3 Å². The lowest BCUT2D eigenvalue weighted by Gasteiger charge is -2.12. The van der Waals surface area contributed by atoms with Crippen LogP contribution in [0.15, 0.2) is 42.5 Å². The first kappa shape index (κ1) is 18.7. The Morgan fingerprint density at radius 2 is 1.76 bits per heavy atom. The molecule has 0 fully saturated rings. The van der Waals surface area contributed by atoms with Crippen molar-refractivity contribution in [1.29, 1.82) is 0 Å². The minimum absolute atomic E-state index is 0.341. The second kappa shape index (κ2) is 9.64. The average Bonchev–Trinajstić information content (AvgIpc) is 2.60. The lowest BCUT2D eigenvalue weighted by Crippen LogP contribution is -2.32. The molecule has 0 radical (unpaired) electrons. The number of hydrogen-bond acceptors (Lipinski definition) is 4. The van der Waals surface area contributed by atoms with E-state index in [0.717, 1.165) is 5.75 Å². The minimum Gasteiger partial charge on any atom is -0.495 e. The van der Waals surface area contributed by atoms with Gasteiger partial charge in [-0.05, 0) is 49.4 Å². The van der Waals surface area contributed by atoms with Gasteiger partial charge < -0.3 is 24.8 Å². The Morgan fingerprint density at radius 1 is 1.08 bits per heavy atom. The number of anilines is 1. The fourth-order valence-electron chi connectivity index (χ4n) is 2.08. The van der Waals surface area contributed by atoms with Crippen molar-refractivity contribution in [2.75, 3.05) is 32.2 Å². The van der Waals surface area contributed by atoms with Crippen molar-refractivity contribution in [3.63, 3.8) is 0 Å². The third-order valence-corrected chi connectivity index (χ3v) is 3.44. The van der Waals surface area contributed by atoms with E-state index in [4.69, 9.17) is 25.8 Å². The SMILES string of the molecule is CCOc1ccc(OCCNC(=O)Nc2cc(Cl)ccc2OC)cc1. The van der Waals surface area contributed by atoms with Crippen molar-refractivity contribution in [1.82, 2.24) is 5.32 Å². The van der Waals surface area contributed by atoms with E-state index in [1.807, 2.05) is 31.2 Å². The van der Waals surface area contributed by atoms with Crippen LogP contribution in [0, 0.1) is 0 Å². The highest BCUT2D eigenvalue weighted by Crippen LogP contribution is 2.27. The van der Waals surface area contributed by atoms with Gasteiger partial charge >= 0.3 is 6.03 Å². The largest absolute Gasteiger partial charge is 0.495 e. The van der Waals surface area contributed by atoms with Gasteiger partial charge in [0.15, 0.2) is 0 Å². The van der Waals surface area contributed by atoms with Crippen LogP contribution in [0.3, 0.4) is 0 Å². The standard InChI is InChI=1S/C18H21ClN2O4/c1-3-24-14-5-7-15(8-6-14)25-11-10-20-18(22)21-16-12-13(19)4-9-17(16)23-2/h4-9,12H,3,10-11H2,1-2H3,(H2,20,21,22). The van der Waals surface area contributed by atoms with Crippen LogP contribution in [0.25, 0.3) is 0 Å². The Morgan fingerprint density at radius 3 is 2.40 bits per heavy atom. The molecule has 2 N–H and O–H groups in total. The second-order valence-electron chi connectivity index (χ2n) is 4.98. The van der Waals surface area contributed by atoms with E-state index in [-0.39, 0.29) is 6.03 Å². The molecule has 2 rings (SSSR count). The number of hydrogen-bond donors (Lipinski definition) is 2. The van der Waals surface area contributed by atoms with Gasteiger partial charge in [-0.15, -0.1) is 0 Å². The molecule has 2 amide bonds. The van der Waals surface area contributed by atoms with E-state index in [2.05, 4.69) is 10.6 Å². The number of carbonyl (C=O) groups excluding carboxylic acids is 1. The van der Waals surface area contributed by atoms with Crippen molar-refractivity contribution in [3.8, 4) is 17.2 Å². The van der Waals surface area contributed by atoms with Gasteiger partial charge in [0.25, 0.3) is 0 Å². The number of benzene rings is 2. The summed E-state index contributed by atoms with van der Waals surface area (Å²) in [7, 11) is 1.52. The summed E-state index contributed by atoms with van der Waals surface area (Å²) in [5.74, 6) is 2.04. The zero-order valence-corrected chi connectivity index (χ0v) is 14.9. The van der Waals surface area contributed by atoms with Crippen LogP contribution in [0.4, 0.5) is 10.5 Å². The Kier molecular flexibility index (Phi) is 7.22. The van der Waals surface area contributed by atoms with Gasteiger partial charge in [-0.2, -0.15) is 0 Å². The lowest BCUT2D eigenvalue weighted by atomic mass is 10.3. The fraction of sp³-hybridized carbons (Fsp3) is 0.278. The van der Waals surface area contributed by atoms with Gasteiger partial charge in [0.1, 0.15) is 23.9 Å². The molecule has 0 atom stereocenters. The second-order valence-corrected chi connectivity index (χ2v) is 5.41. The number of carbonyl (C=O) groups is 1. The highest BCUT2D eigenvalue weighted by molar-refractivity contribution is 6.31. The summed E-state index contributed by atoms with van der Waals surface area (Å²) in [6, 6.07) is 12.0. The molecule has 7 heteroatoms. The van der Waals surface area contributed by atoms with E-state index >= 15 is 0 Å². The van der Waals surface area contributed by atoms with Gasteiger partial charge in [0, 0.05) is 5.02 Å². The van der Waals surface area contributed by atoms with Crippen molar-refractivity contribution < 1.29 is 19.0 Å². The zero-order valence-electron chi connectivity index (χ0n) is 14.2. The molecule has 134 valence electrons. The first-order chi connectivity index (χ1) is 12.1. The van der Waals surface area contributed by atoms with Crippen LogP contribution in [-0.2, 0) is 0 Å². The molecule has 2 aromatic rings. The lowest BCUT2D eigenvalue weighted by molar-refractivity contribution is 0.247. The van der Waals surface area contributed by atoms with Crippen LogP contribution in [-0.4, -0.2) is 32.9 Å². The Bertz CT molecular complexity index is 692. The number of urea groups is 1. The number of halogens is 1. The van der Waals surface area contributed by atoms with Crippen LogP contribution >= 0.6 is 11.6 Å². The molecule has 0 unspecified atom stereocenters. The van der Waals surface area contributed by atoms with Crippen LogP contribution in [0.2, 0.25) is 5.02 Å². The number of nitrogens with one attached hydrogen (secondary N) is 2. The van der Waals surface area contributed by atoms with Crippen molar-refractivity contribution in [2.24, 2.45) is 0 Å². The van der Waals surface area contributed by atoms with Gasteiger partial charge in [0.2, 0.25) is 0 Å². The molecule has 0 aliphatic carbocycles. The predicted octanol–water partition coefficient (Wildman–Crippen LogP) is 3.95. The van der Waals surface area contributed by atoms with E-state index in [0.29, 0.717) is 42.0 Å². The molecule has 0 spiro atoms. The molecule has 0 heterocycles. The summed E-state index contributed by atoms with van der Waals surface area (Å²) in [4.78, 5) is 11.9. The molecular formula is C18H21ClN2O4. The topological polar surface area (TPSA) is 68.8 Å². The van der Waals surface area contributed by atoms with Gasteiger partial charge in [-0.1, -0.05) is 11.6 Å². The summed E-state index contributed by atoms with van der Waals surface area (Å²) in [6.45, 7) is 3.24. The monoisotopic (exact) mass is 364 g/mol. The first-order valence-electron chi connectivity index (χ1n) is 7.86. The van der Waals surface area contributed by atoms with Gasteiger partial charge in [-0.3, -0.25) is 0 Å². The third kappa shape index (κ3) is 6.08. The number of ether oxygens (including phenoxy) is 3. The first-order valence-corrected chi connectivity index (χ1v) is 8.24. The number of rotatable bonds is 8.